The number of alkyl halides is 2. The maximum absolute atomic E-state index is 14.5. The molecule has 0 aliphatic carbocycles. The first kappa shape index (κ1) is 13.9. The minimum Gasteiger partial charge on any atom is -0.331 e. The molecular weight excluding hydrogens is 248 g/mol. The highest BCUT2D eigenvalue weighted by Gasteiger charge is 2.47. The van der Waals surface area contributed by atoms with Gasteiger partial charge in [0.1, 0.15) is 5.82 Å². The van der Waals surface area contributed by atoms with Crippen molar-refractivity contribution in [3.63, 3.8) is 0 Å². The summed E-state index contributed by atoms with van der Waals surface area (Å²) in [6, 6.07) is 4.60. The Morgan fingerprint density at radius 1 is 1.32 bits per heavy atom. The number of rotatable bonds is 3. The number of aromatic nitrogens is 2. The van der Waals surface area contributed by atoms with E-state index in [9.17, 15) is 8.78 Å². The first-order valence-electron chi connectivity index (χ1n) is 6.22. The van der Waals surface area contributed by atoms with Crippen LogP contribution in [0.25, 0.3) is 11.0 Å². The molecule has 2 rings (SSSR count). The molecule has 0 radical (unpaired) electrons. The summed E-state index contributed by atoms with van der Waals surface area (Å²) in [7, 11) is 1.87. The molecule has 0 saturated carbocycles. The molecule has 0 atom stereocenters. The number of aryl methyl sites for hydroxylation is 2. The van der Waals surface area contributed by atoms with Gasteiger partial charge in [-0.2, -0.15) is 0 Å². The SMILES string of the molecule is Cc1nc2cc(C(F)(F)C(C)(C)CN)ccc2n1C. The van der Waals surface area contributed by atoms with Crippen molar-refractivity contribution in [3.05, 3.63) is 29.6 Å². The molecule has 3 nitrogen and oxygen atoms in total. The monoisotopic (exact) mass is 267 g/mol. The summed E-state index contributed by atoms with van der Waals surface area (Å²) in [4.78, 5) is 4.29. The average molecular weight is 267 g/mol. The molecule has 1 aromatic carbocycles. The van der Waals surface area contributed by atoms with Crippen molar-refractivity contribution in [3.8, 4) is 0 Å². The molecule has 19 heavy (non-hydrogen) atoms. The Morgan fingerprint density at radius 3 is 2.53 bits per heavy atom. The van der Waals surface area contributed by atoms with Crippen molar-refractivity contribution in [2.75, 3.05) is 6.54 Å². The van der Waals surface area contributed by atoms with E-state index in [2.05, 4.69) is 4.98 Å². The van der Waals surface area contributed by atoms with Gasteiger partial charge in [-0.25, -0.2) is 13.8 Å². The van der Waals surface area contributed by atoms with E-state index in [0.717, 1.165) is 11.3 Å². The summed E-state index contributed by atoms with van der Waals surface area (Å²) in [5.74, 6) is -2.19. The van der Waals surface area contributed by atoms with Gasteiger partial charge in [-0.05, 0) is 19.1 Å². The highest BCUT2D eigenvalue weighted by molar-refractivity contribution is 5.77. The van der Waals surface area contributed by atoms with Gasteiger partial charge in [0.05, 0.1) is 11.0 Å². The van der Waals surface area contributed by atoms with Crippen LogP contribution in [0, 0.1) is 12.3 Å². The van der Waals surface area contributed by atoms with Gasteiger partial charge in [-0.3, -0.25) is 0 Å². The number of imidazole rings is 1. The molecule has 0 aliphatic heterocycles. The zero-order valence-electron chi connectivity index (χ0n) is 11.7. The summed E-state index contributed by atoms with van der Waals surface area (Å²) in [5, 5.41) is 0. The second-order valence-electron chi connectivity index (χ2n) is 5.58. The summed E-state index contributed by atoms with van der Waals surface area (Å²) >= 11 is 0. The molecule has 1 aromatic heterocycles. The maximum atomic E-state index is 14.5. The quantitative estimate of drug-likeness (QED) is 0.929. The largest absolute Gasteiger partial charge is 0.331 e. The summed E-state index contributed by atoms with van der Waals surface area (Å²) in [6.45, 7) is 4.71. The topological polar surface area (TPSA) is 43.8 Å². The Kier molecular flexibility index (Phi) is 3.13. The molecule has 0 amide bonds. The van der Waals surface area contributed by atoms with E-state index in [1.165, 1.54) is 26.0 Å². The van der Waals surface area contributed by atoms with Crippen molar-refractivity contribution in [1.29, 1.82) is 0 Å². The van der Waals surface area contributed by atoms with Crippen LogP contribution in [-0.2, 0) is 13.0 Å². The number of halogens is 2. The second kappa shape index (κ2) is 4.27. The minimum atomic E-state index is -2.98. The Morgan fingerprint density at radius 2 is 1.95 bits per heavy atom. The Bertz CT molecular complexity index is 614. The van der Waals surface area contributed by atoms with E-state index < -0.39 is 11.3 Å². The molecule has 5 heteroatoms. The lowest BCUT2D eigenvalue weighted by Crippen LogP contribution is -2.40. The number of nitrogens with two attached hydrogens (primary N) is 1. The van der Waals surface area contributed by atoms with Gasteiger partial charge >= 0.3 is 0 Å². The molecule has 2 N–H and O–H groups in total. The smallest absolute Gasteiger partial charge is 0.279 e. The highest BCUT2D eigenvalue weighted by Crippen LogP contribution is 2.44. The van der Waals surface area contributed by atoms with E-state index in [1.54, 1.807) is 6.07 Å². The molecule has 0 fully saturated rings. The van der Waals surface area contributed by atoms with Gasteiger partial charge in [0.15, 0.2) is 0 Å². The van der Waals surface area contributed by atoms with Gasteiger partial charge in [0.25, 0.3) is 5.92 Å². The highest BCUT2D eigenvalue weighted by atomic mass is 19.3. The van der Waals surface area contributed by atoms with Crippen LogP contribution in [0.3, 0.4) is 0 Å². The third-order valence-electron chi connectivity index (χ3n) is 3.83. The predicted octanol–water partition coefficient (Wildman–Crippen LogP) is 2.96. The van der Waals surface area contributed by atoms with Crippen LogP contribution in [0.5, 0.6) is 0 Å². The lowest BCUT2D eigenvalue weighted by molar-refractivity contribution is -0.108. The molecule has 2 aromatic rings. The Balaban J connectivity index is 2.58. The average Bonchev–Trinajstić information content (AvgIpc) is 2.64. The number of hydrogen-bond donors (Lipinski definition) is 1. The fourth-order valence-electron chi connectivity index (χ4n) is 2.03. The molecule has 0 unspecified atom stereocenters. The summed E-state index contributed by atoms with van der Waals surface area (Å²) < 4.78 is 30.8. The standard InChI is InChI=1S/C14H19F2N3/c1-9-18-11-7-10(5-6-12(11)19(9)4)14(15,16)13(2,3)8-17/h5-7H,8,17H2,1-4H3. The number of fused-ring (bicyclic) bond motifs is 1. The lowest BCUT2D eigenvalue weighted by Gasteiger charge is -2.33. The number of benzene rings is 1. The Labute approximate surface area is 111 Å². The van der Waals surface area contributed by atoms with Crippen LogP contribution in [0.2, 0.25) is 0 Å². The first-order chi connectivity index (χ1) is 8.70. The Hall–Kier alpha value is -1.49. The number of nitrogens with zero attached hydrogens (tertiary/aromatic N) is 2. The third kappa shape index (κ3) is 2.02. The van der Waals surface area contributed by atoms with Crippen molar-refractivity contribution < 1.29 is 8.78 Å². The normalized spacial score (nSPS) is 13.2. The van der Waals surface area contributed by atoms with Gasteiger partial charge in [0.2, 0.25) is 0 Å². The zero-order chi connectivity index (χ0) is 14.4. The van der Waals surface area contributed by atoms with E-state index in [4.69, 9.17) is 5.73 Å². The summed E-state index contributed by atoms with van der Waals surface area (Å²) in [6.07, 6.45) is 0. The molecule has 1 heterocycles. The van der Waals surface area contributed by atoms with Crippen molar-refractivity contribution in [1.82, 2.24) is 9.55 Å². The molecule has 0 bridgehead atoms. The molecule has 0 aliphatic rings. The van der Waals surface area contributed by atoms with Crippen molar-refractivity contribution in [2.24, 2.45) is 18.2 Å². The fraction of sp³-hybridized carbons (Fsp3) is 0.500. The fourth-order valence-corrected chi connectivity index (χ4v) is 2.03. The van der Waals surface area contributed by atoms with Crippen LogP contribution >= 0.6 is 0 Å². The predicted molar refractivity (Wildman–Crippen MR) is 72.2 cm³/mol. The second-order valence-corrected chi connectivity index (χ2v) is 5.58. The van der Waals surface area contributed by atoms with E-state index in [1.807, 2.05) is 18.5 Å². The van der Waals surface area contributed by atoms with E-state index >= 15 is 0 Å². The van der Waals surface area contributed by atoms with Gasteiger partial charge in [-0.1, -0.05) is 19.9 Å². The zero-order valence-corrected chi connectivity index (χ0v) is 11.7. The molecule has 104 valence electrons. The molecular formula is C14H19F2N3. The summed E-state index contributed by atoms with van der Waals surface area (Å²) in [5.41, 5.74) is 5.59. The number of hydrogen-bond acceptors (Lipinski definition) is 2. The third-order valence-corrected chi connectivity index (χ3v) is 3.83. The van der Waals surface area contributed by atoms with Crippen LogP contribution in [0.1, 0.15) is 25.2 Å². The van der Waals surface area contributed by atoms with Crippen molar-refractivity contribution in [2.45, 2.75) is 26.7 Å². The lowest BCUT2D eigenvalue weighted by atomic mass is 9.81. The minimum absolute atomic E-state index is 0.0337. The molecule has 0 saturated heterocycles. The van der Waals surface area contributed by atoms with Crippen LogP contribution in [-0.4, -0.2) is 16.1 Å². The van der Waals surface area contributed by atoms with Crippen LogP contribution in [0.15, 0.2) is 18.2 Å². The van der Waals surface area contributed by atoms with Gasteiger partial charge in [-0.15, -0.1) is 0 Å². The molecule has 0 spiro atoms. The van der Waals surface area contributed by atoms with E-state index in [0.29, 0.717) is 5.52 Å². The van der Waals surface area contributed by atoms with Gasteiger partial charge in [0, 0.05) is 24.6 Å². The maximum Gasteiger partial charge on any atom is 0.279 e. The van der Waals surface area contributed by atoms with Crippen LogP contribution in [0.4, 0.5) is 8.78 Å². The van der Waals surface area contributed by atoms with Crippen molar-refractivity contribution >= 4 is 11.0 Å². The van der Waals surface area contributed by atoms with E-state index in [-0.39, 0.29) is 12.1 Å². The van der Waals surface area contributed by atoms with Crippen LogP contribution < -0.4 is 5.73 Å². The first-order valence-corrected chi connectivity index (χ1v) is 6.22. The van der Waals surface area contributed by atoms with Gasteiger partial charge < -0.3 is 10.3 Å².